The fourth-order valence-corrected chi connectivity index (χ4v) is 3.09. The van der Waals surface area contributed by atoms with E-state index in [1.807, 2.05) is 0 Å². The summed E-state index contributed by atoms with van der Waals surface area (Å²) < 4.78 is 44.8. The second kappa shape index (κ2) is 8.43. The molecule has 0 bridgehead atoms. The molecule has 2 rings (SSSR count). The first-order chi connectivity index (χ1) is 12.3. The zero-order valence-corrected chi connectivity index (χ0v) is 14.7. The van der Waals surface area contributed by atoms with E-state index in [-0.39, 0.29) is 16.1 Å². The van der Waals surface area contributed by atoms with Gasteiger partial charge in [-0.2, -0.15) is 0 Å². The Morgan fingerprint density at radius 1 is 1.12 bits per heavy atom. The van der Waals surface area contributed by atoms with Gasteiger partial charge in [0.1, 0.15) is 5.82 Å². The van der Waals surface area contributed by atoms with Gasteiger partial charge in [-0.25, -0.2) is 17.6 Å². The number of benzene rings is 2. The zero-order valence-electron chi connectivity index (χ0n) is 13.9. The van der Waals surface area contributed by atoms with Crippen LogP contribution in [0.4, 0.5) is 10.1 Å². The Bertz CT molecular complexity index is 898. The minimum absolute atomic E-state index is 0.0173. The Morgan fingerprint density at radius 2 is 1.81 bits per heavy atom. The smallest absolute Gasteiger partial charge is 0.338 e. The summed E-state index contributed by atoms with van der Waals surface area (Å²) in [6.45, 7) is 1.67. The molecule has 0 spiro atoms. The molecule has 0 fully saturated rings. The second-order valence-electron chi connectivity index (χ2n) is 5.17. The lowest BCUT2D eigenvalue weighted by molar-refractivity contribution is -0.124. The average Bonchev–Trinajstić information content (AvgIpc) is 2.62. The zero-order chi connectivity index (χ0) is 19.2. The Kier molecular flexibility index (Phi) is 6.29. The maximum atomic E-state index is 12.9. The first-order valence-electron chi connectivity index (χ1n) is 7.64. The average molecular weight is 380 g/mol. The Hall–Kier alpha value is -2.94. The summed E-state index contributed by atoms with van der Waals surface area (Å²) in [5.74, 6) is -1.78. The van der Waals surface area contributed by atoms with E-state index in [2.05, 4.69) is 10.0 Å². The largest absolute Gasteiger partial charge is 0.452 e. The van der Waals surface area contributed by atoms with Crippen molar-refractivity contribution in [2.24, 2.45) is 0 Å². The molecule has 0 unspecified atom stereocenters. The Labute approximate surface area is 150 Å². The van der Waals surface area contributed by atoms with E-state index in [0.29, 0.717) is 6.54 Å². The highest BCUT2D eigenvalue weighted by Crippen LogP contribution is 2.18. The van der Waals surface area contributed by atoms with Crippen LogP contribution in [0.2, 0.25) is 0 Å². The van der Waals surface area contributed by atoms with Crippen LogP contribution in [0.3, 0.4) is 0 Å². The van der Waals surface area contributed by atoms with Crippen molar-refractivity contribution in [3.8, 4) is 0 Å². The van der Waals surface area contributed by atoms with E-state index >= 15 is 0 Å². The molecule has 0 heterocycles. The molecule has 2 aromatic rings. The fourth-order valence-electron chi connectivity index (χ4n) is 1.98. The highest BCUT2D eigenvalue weighted by molar-refractivity contribution is 7.92. The molecule has 0 saturated carbocycles. The van der Waals surface area contributed by atoms with Crippen molar-refractivity contribution >= 4 is 27.6 Å². The van der Waals surface area contributed by atoms with Gasteiger partial charge in [0.15, 0.2) is 6.61 Å². The van der Waals surface area contributed by atoms with Crippen molar-refractivity contribution in [3.63, 3.8) is 0 Å². The quantitative estimate of drug-likeness (QED) is 0.715. The van der Waals surface area contributed by atoms with Crippen LogP contribution >= 0.6 is 0 Å². The van der Waals surface area contributed by atoms with Gasteiger partial charge in [0, 0.05) is 12.2 Å². The van der Waals surface area contributed by atoms with E-state index in [1.54, 1.807) is 6.92 Å². The standard InChI is InChI=1S/C17H17FN2O5S/c1-2-19-16(21)11-25-17(22)12-4-3-5-15(10-12)26(23,24)20-14-8-6-13(18)7-9-14/h3-10,20H,2,11H2,1H3,(H,19,21). The van der Waals surface area contributed by atoms with Gasteiger partial charge < -0.3 is 10.1 Å². The summed E-state index contributed by atoms with van der Waals surface area (Å²) in [4.78, 5) is 23.1. The summed E-state index contributed by atoms with van der Waals surface area (Å²) >= 11 is 0. The SMILES string of the molecule is CCNC(=O)COC(=O)c1cccc(S(=O)(=O)Nc2ccc(F)cc2)c1. The summed E-state index contributed by atoms with van der Waals surface area (Å²) in [7, 11) is -3.98. The molecule has 0 atom stereocenters. The minimum atomic E-state index is -3.98. The number of amides is 1. The van der Waals surface area contributed by atoms with Crippen LogP contribution in [0, 0.1) is 5.82 Å². The van der Waals surface area contributed by atoms with Crippen LogP contribution in [-0.2, 0) is 19.6 Å². The number of esters is 1. The van der Waals surface area contributed by atoms with Crippen molar-refractivity contribution in [1.82, 2.24) is 5.32 Å². The van der Waals surface area contributed by atoms with E-state index in [9.17, 15) is 22.4 Å². The van der Waals surface area contributed by atoms with Crippen molar-refractivity contribution in [1.29, 1.82) is 0 Å². The van der Waals surface area contributed by atoms with E-state index in [0.717, 1.165) is 18.2 Å². The highest BCUT2D eigenvalue weighted by atomic mass is 32.2. The normalized spacial score (nSPS) is 10.8. The maximum Gasteiger partial charge on any atom is 0.338 e. The molecule has 2 aromatic carbocycles. The summed E-state index contributed by atoms with van der Waals surface area (Å²) in [6.07, 6.45) is 0. The number of sulfonamides is 1. The van der Waals surface area contributed by atoms with Crippen molar-refractivity contribution in [2.45, 2.75) is 11.8 Å². The van der Waals surface area contributed by atoms with Crippen LogP contribution in [0.5, 0.6) is 0 Å². The lowest BCUT2D eigenvalue weighted by Crippen LogP contribution is -2.28. The number of rotatable bonds is 7. The van der Waals surface area contributed by atoms with Crippen LogP contribution in [-0.4, -0.2) is 33.4 Å². The van der Waals surface area contributed by atoms with Crippen molar-refractivity contribution in [2.75, 3.05) is 17.9 Å². The number of halogens is 1. The van der Waals surface area contributed by atoms with Crippen LogP contribution < -0.4 is 10.0 Å². The van der Waals surface area contributed by atoms with Crippen molar-refractivity contribution < 1.29 is 27.1 Å². The monoisotopic (exact) mass is 380 g/mol. The predicted molar refractivity (Wildman–Crippen MR) is 92.6 cm³/mol. The fraction of sp³-hybridized carbons (Fsp3) is 0.176. The molecule has 26 heavy (non-hydrogen) atoms. The molecule has 0 aliphatic carbocycles. The number of hydrogen-bond donors (Lipinski definition) is 2. The van der Waals surface area contributed by atoms with Crippen molar-refractivity contribution in [3.05, 3.63) is 59.9 Å². The van der Waals surface area contributed by atoms with Gasteiger partial charge in [-0.3, -0.25) is 9.52 Å². The number of carbonyl (C=O) groups is 2. The number of nitrogens with one attached hydrogen (secondary N) is 2. The number of ether oxygens (including phenoxy) is 1. The lowest BCUT2D eigenvalue weighted by Gasteiger charge is -2.09. The highest BCUT2D eigenvalue weighted by Gasteiger charge is 2.17. The summed E-state index contributed by atoms with van der Waals surface area (Å²) in [5.41, 5.74) is 0.159. The molecule has 2 N–H and O–H groups in total. The number of hydrogen-bond acceptors (Lipinski definition) is 5. The molecule has 0 aromatic heterocycles. The summed E-state index contributed by atoms with van der Waals surface area (Å²) in [6, 6.07) is 9.96. The van der Waals surface area contributed by atoms with Gasteiger partial charge in [0.2, 0.25) is 0 Å². The summed E-state index contributed by atoms with van der Waals surface area (Å²) in [5, 5.41) is 2.47. The van der Waals surface area contributed by atoms with Gasteiger partial charge in [-0.15, -0.1) is 0 Å². The first-order valence-corrected chi connectivity index (χ1v) is 9.12. The first kappa shape index (κ1) is 19.4. The van der Waals surface area contributed by atoms with Gasteiger partial charge in [0.05, 0.1) is 10.5 Å². The Balaban J connectivity index is 2.12. The topological polar surface area (TPSA) is 102 Å². The van der Waals surface area contributed by atoms with Crippen LogP contribution in [0.1, 0.15) is 17.3 Å². The third kappa shape index (κ3) is 5.28. The number of likely N-dealkylation sites (N-methyl/N-ethyl adjacent to an activating group) is 1. The number of anilines is 1. The molecule has 9 heteroatoms. The van der Waals surface area contributed by atoms with Gasteiger partial charge in [0.25, 0.3) is 15.9 Å². The molecule has 1 amide bonds. The lowest BCUT2D eigenvalue weighted by atomic mass is 10.2. The third-order valence-corrected chi connectivity index (χ3v) is 4.56. The molecule has 0 radical (unpaired) electrons. The molecule has 138 valence electrons. The van der Waals surface area contributed by atoms with E-state index in [4.69, 9.17) is 4.74 Å². The van der Waals surface area contributed by atoms with Crippen LogP contribution in [0.25, 0.3) is 0 Å². The van der Waals surface area contributed by atoms with E-state index in [1.165, 1.54) is 30.3 Å². The Morgan fingerprint density at radius 3 is 2.46 bits per heavy atom. The molecular formula is C17H17FN2O5S. The van der Waals surface area contributed by atoms with Gasteiger partial charge >= 0.3 is 5.97 Å². The van der Waals surface area contributed by atoms with Gasteiger partial charge in [-0.1, -0.05) is 6.07 Å². The van der Waals surface area contributed by atoms with Crippen LogP contribution in [0.15, 0.2) is 53.4 Å². The number of carbonyl (C=O) groups excluding carboxylic acids is 2. The predicted octanol–water partition coefficient (Wildman–Crippen LogP) is 1.92. The second-order valence-corrected chi connectivity index (χ2v) is 6.85. The molecule has 0 saturated heterocycles. The molecule has 0 aliphatic rings. The minimum Gasteiger partial charge on any atom is -0.452 e. The van der Waals surface area contributed by atoms with E-state index < -0.39 is 34.3 Å². The third-order valence-electron chi connectivity index (χ3n) is 3.18. The maximum absolute atomic E-state index is 12.9. The molecule has 0 aliphatic heterocycles. The van der Waals surface area contributed by atoms with Gasteiger partial charge in [-0.05, 0) is 49.4 Å². The molecule has 7 nitrogen and oxygen atoms in total. The molecular weight excluding hydrogens is 363 g/mol.